The number of nitrogens with zero attached hydrogens (tertiary/aromatic N) is 6. The minimum atomic E-state index is 0.0117. The summed E-state index contributed by atoms with van der Waals surface area (Å²) in [5.41, 5.74) is 0. The zero-order chi connectivity index (χ0) is 18.6. The normalized spacial score (nSPS) is 26.0. The van der Waals surface area contributed by atoms with Crippen molar-refractivity contribution >= 4 is 11.7 Å². The highest BCUT2D eigenvalue weighted by atomic mass is 16.2. The van der Waals surface area contributed by atoms with Gasteiger partial charge in [0.25, 0.3) is 0 Å². The summed E-state index contributed by atoms with van der Waals surface area (Å²) in [7, 11) is 0. The Bertz CT molecular complexity index is 763. The summed E-state index contributed by atoms with van der Waals surface area (Å²) in [5.74, 6) is 2.30. The molecular formula is C19H27N7O. The Balaban J connectivity index is 1.42. The molecule has 0 bridgehead atoms. The third kappa shape index (κ3) is 4.09. The highest BCUT2D eigenvalue weighted by Gasteiger charge is 2.30. The Morgan fingerprint density at radius 2 is 1.96 bits per heavy atom. The van der Waals surface area contributed by atoms with Crippen molar-refractivity contribution in [3.8, 4) is 5.82 Å². The van der Waals surface area contributed by atoms with E-state index in [1.807, 2.05) is 6.07 Å². The Morgan fingerprint density at radius 3 is 2.78 bits per heavy atom. The van der Waals surface area contributed by atoms with Crippen LogP contribution in [0.15, 0.2) is 25.0 Å². The highest BCUT2D eigenvalue weighted by molar-refractivity contribution is 5.80. The number of aromatic nitrogens is 5. The van der Waals surface area contributed by atoms with Crippen LogP contribution in [0.3, 0.4) is 0 Å². The molecule has 0 spiro atoms. The molecule has 1 saturated carbocycles. The molecule has 0 radical (unpaired) electrons. The number of hydrogen-bond donors (Lipinski definition) is 1. The SMILES string of the molecule is CC1CCCCC1NC(=O)C1CCCN(c2cc(-n3cncn3)ncn2)C1. The smallest absolute Gasteiger partial charge is 0.225 e. The predicted molar refractivity (Wildman–Crippen MR) is 101 cm³/mol. The lowest BCUT2D eigenvalue weighted by molar-refractivity contribution is -0.126. The van der Waals surface area contributed by atoms with Crippen molar-refractivity contribution in [2.75, 3.05) is 18.0 Å². The number of nitrogens with one attached hydrogen (secondary N) is 1. The van der Waals surface area contributed by atoms with E-state index in [9.17, 15) is 4.79 Å². The number of rotatable bonds is 4. The Kier molecular flexibility index (Phi) is 5.31. The summed E-state index contributed by atoms with van der Waals surface area (Å²) in [6.45, 7) is 3.85. The van der Waals surface area contributed by atoms with Gasteiger partial charge >= 0.3 is 0 Å². The average molecular weight is 369 g/mol. The molecule has 2 aromatic rings. The van der Waals surface area contributed by atoms with Gasteiger partial charge in [0.2, 0.25) is 5.91 Å². The molecule has 8 heteroatoms. The lowest BCUT2D eigenvalue weighted by Gasteiger charge is -2.35. The summed E-state index contributed by atoms with van der Waals surface area (Å²) < 4.78 is 1.61. The number of piperidine rings is 1. The van der Waals surface area contributed by atoms with Gasteiger partial charge in [0, 0.05) is 25.2 Å². The first kappa shape index (κ1) is 17.9. The van der Waals surface area contributed by atoms with Crippen LogP contribution < -0.4 is 10.2 Å². The molecule has 1 N–H and O–H groups in total. The first-order valence-corrected chi connectivity index (χ1v) is 9.93. The van der Waals surface area contributed by atoms with Crippen molar-refractivity contribution in [2.24, 2.45) is 11.8 Å². The zero-order valence-corrected chi connectivity index (χ0v) is 15.8. The quantitative estimate of drug-likeness (QED) is 0.886. The summed E-state index contributed by atoms with van der Waals surface area (Å²) in [4.78, 5) is 27.7. The van der Waals surface area contributed by atoms with E-state index in [1.54, 1.807) is 17.3 Å². The Hall–Kier alpha value is -2.51. The maximum atomic E-state index is 12.8. The van der Waals surface area contributed by atoms with E-state index in [1.165, 1.54) is 25.6 Å². The van der Waals surface area contributed by atoms with Gasteiger partial charge in [-0.2, -0.15) is 5.10 Å². The van der Waals surface area contributed by atoms with Gasteiger partial charge in [0.15, 0.2) is 5.82 Å². The molecule has 2 aromatic heterocycles. The lowest BCUT2D eigenvalue weighted by Crippen LogP contribution is -2.48. The van der Waals surface area contributed by atoms with Crippen molar-refractivity contribution in [3.63, 3.8) is 0 Å². The van der Waals surface area contributed by atoms with Crippen LogP contribution in [0.5, 0.6) is 0 Å². The fourth-order valence-electron chi connectivity index (χ4n) is 4.19. The third-order valence-electron chi connectivity index (χ3n) is 5.85. The van der Waals surface area contributed by atoms with Gasteiger partial charge in [-0.05, 0) is 31.6 Å². The van der Waals surface area contributed by atoms with E-state index in [-0.39, 0.29) is 11.8 Å². The standard InChI is InChI=1S/C19H27N7O/c1-14-5-2-3-7-16(14)24-19(27)15-6-4-8-25(10-15)17-9-18(22-12-21-17)26-13-20-11-23-26/h9,11-16H,2-8,10H2,1H3,(H,24,27). The molecule has 1 aliphatic heterocycles. The second-order valence-electron chi connectivity index (χ2n) is 7.74. The molecule has 3 atom stereocenters. The topological polar surface area (TPSA) is 88.8 Å². The van der Waals surface area contributed by atoms with Crippen LogP contribution in [0.2, 0.25) is 0 Å². The molecule has 27 heavy (non-hydrogen) atoms. The molecule has 144 valence electrons. The average Bonchev–Trinajstić information content (AvgIpc) is 3.25. The maximum Gasteiger partial charge on any atom is 0.225 e. The van der Waals surface area contributed by atoms with Gasteiger partial charge in [-0.1, -0.05) is 19.8 Å². The number of hydrogen-bond acceptors (Lipinski definition) is 6. The van der Waals surface area contributed by atoms with Gasteiger partial charge in [-0.25, -0.2) is 19.6 Å². The molecule has 8 nitrogen and oxygen atoms in total. The van der Waals surface area contributed by atoms with Crippen molar-refractivity contribution in [2.45, 2.75) is 51.5 Å². The largest absolute Gasteiger partial charge is 0.356 e. The molecule has 2 aliphatic rings. The van der Waals surface area contributed by atoms with Crippen LogP contribution in [-0.2, 0) is 4.79 Å². The zero-order valence-electron chi connectivity index (χ0n) is 15.8. The van der Waals surface area contributed by atoms with E-state index in [0.29, 0.717) is 24.3 Å². The molecule has 3 unspecified atom stereocenters. The summed E-state index contributed by atoms with van der Waals surface area (Å²) in [5, 5.41) is 7.44. The van der Waals surface area contributed by atoms with Crippen LogP contribution in [0.4, 0.5) is 5.82 Å². The van der Waals surface area contributed by atoms with Gasteiger partial charge in [0.05, 0.1) is 5.92 Å². The highest BCUT2D eigenvalue weighted by Crippen LogP contribution is 2.26. The minimum Gasteiger partial charge on any atom is -0.356 e. The van der Waals surface area contributed by atoms with Crippen LogP contribution in [-0.4, -0.2) is 49.8 Å². The minimum absolute atomic E-state index is 0.0117. The number of carbonyl (C=O) groups is 1. The van der Waals surface area contributed by atoms with Crippen molar-refractivity contribution in [3.05, 3.63) is 25.0 Å². The number of carbonyl (C=O) groups excluding carboxylic acids is 1. The van der Waals surface area contributed by atoms with E-state index >= 15 is 0 Å². The fourth-order valence-corrected chi connectivity index (χ4v) is 4.19. The molecule has 4 rings (SSSR count). The molecule has 1 saturated heterocycles. The molecule has 0 aromatic carbocycles. The van der Waals surface area contributed by atoms with Crippen LogP contribution in [0.25, 0.3) is 5.82 Å². The van der Waals surface area contributed by atoms with Crippen LogP contribution >= 0.6 is 0 Å². The second kappa shape index (κ2) is 8.02. The molecule has 1 aliphatic carbocycles. The van der Waals surface area contributed by atoms with Crippen molar-refractivity contribution in [1.82, 2.24) is 30.0 Å². The first-order valence-electron chi connectivity index (χ1n) is 9.93. The summed E-state index contributed by atoms with van der Waals surface area (Å²) in [6, 6.07) is 2.23. The second-order valence-corrected chi connectivity index (χ2v) is 7.74. The molecular weight excluding hydrogens is 342 g/mol. The van der Waals surface area contributed by atoms with Crippen LogP contribution in [0.1, 0.15) is 45.4 Å². The molecule has 2 fully saturated rings. The van der Waals surface area contributed by atoms with Gasteiger partial charge in [-0.15, -0.1) is 0 Å². The van der Waals surface area contributed by atoms with Crippen molar-refractivity contribution in [1.29, 1.82) is 0 Å². The Labute approximate surface area is 159 Å². The predicted octanol–water partition coefficient (Wildman–Crippen LogP) is 1.97. The van der Waals surface area contributed by atoms with Crippen LogP contribution in [0, 0.1) is 11.8 Å². The third-order valence-corrected chi connectivity index (χ3v) is 5.85. The number of amides is 1. The monoisotopic (exact) mass is 369 g/mol. The molecule has 1 amide bonds. The van der Waals surface area contributed by atoms with E-state index < -0.39 is 0 Å². The van der Waals surface area contributed by atoms with E-state index in [2.05, 4.69) is 37.2 Å². The first-order chi connectivity index (χ1) is 13.2. The molecule has 3 heterocycles. The van der Waals surface area contributed by atoms with E-state index in [0.717, 1.165) is 31.6 Å². The van der Waals surface area contributed by atoms with E-state index in [4.69, 9.17) is 0 Å². The summed E-state index contributed by atoms with van der Waals surface area (Å²) in [6.07, 6.45) is 11.4. The van der Waals surface area contributed by atoms with Gasteiger partial charge in [0.1, 0.15) is 24.8 Å². The Morgan fingerprint density at radius 1 is 1.11 bits per heavy atom. The van der Waals surface area contributed by atoms with Gasteiger partial charge < -0.3 is 10.2 Å². The van der Waals surface area contributed by atoms with Gasteiger partial charge in [-0.3, -0.25) is 4.79 Å². The lowest BCUT2D eigenvalue weighted by atomic mass is 9.85. The summed E-state index contributed by atoms with van der Waals surface area (Å²) >= 11 is 0. The van der Waals surface area contributed by atoms with Crippen molar-refractivity contribution < 1.29 is 4.79 Å². The number of anilines is 1. The maximum absolute atomic E-state index is 12.8. The fraction of sp³-hybridized carbons (Fsp3) is 0.632.